The normalized spacial score (nSPS) is 12.7. The number of rotatable bonds is 3. The Balaban J connectivity index is 2.40. The number of imidazole rings is 1. The van der Waals surface area contributed by atoms with Crippen LogP contribution in [0.4, 0.5) is 4.39 Å². The summed E-state index contributed by atoms with van der Waals surface area (Å²) >= 11 is 0. The molecule has 3 N–H and O–H groups in total. The van der Waals surface area contributed by atoms with Crippen LogP contribution in [0.5, 0.6) is 0 Å². The minimum atomic E-state index is -0.533. The summed E-state index contributed by atoms with van der Waals surface area (Å²) in [5, 5.41) is 8.98. The van der Waals surface area contributed by atoms with Crippen molar-refractivity contribution in [1.29, 1.82) is 0 Å². The molecule has 0 aliphatic heterocycles. The van der Waals surface area contributed by atoms with Crippen molar-refractivity contribution in [2.24, 2.45) is 5.73 Å². The van der Waals surface area contributed by atoms with E-state index in [1.54, 1.807) is 10.8 Å². The van der Waals surface area contributed by atoms with E-state index in [0.29, 0.717) is 11.5 Å². The molecule has 0 aromatic carbocycles. The monoisotopic (exact) mass is 222 g/mol. The van der Waals surface area contributed by atoms with Crippen LogP contribution in [0.25, 0.3) is 5.82 Å². The van der Waals surface area contributed by atoms with E-state index in [2.05, 4.69) is 9.97 Å². The number of hydrogen-bond donors (Lipinski definition) is 2. The van der Waals surface area contributed by atoms with E-state index in [9.17, 15) is 4.39 Å². The van der Waals surface area contributed by atoms with Crippen LogP contribution in [-0.4, -0.2) is 26.2 Å². The largest absolute Gasteiger partial charge is 0.394 e. The van der Waals surface area contributed by atoms with Crippen molar-refractivity contribution in [3.63, 3.8) is 0 Å². The number of pyridine rings is 1. The lowest BCUT2D eigenvalue weighted by molar-refractivity contribution is 0.265. The average molecular weight is 222 g/mol. The molecule has 2 aromatic heterocycles. The lowest BCUT2D eigenvalue weighted by Gasteiger charge is -2.11. The first kappa shape index (κ1) is 10.7. The van der Waals surface area contributed by atoms with Crippen molar-refractivity contribution in [3.8, 4) is 5.82 Å². The van der Waals surface area contributed by atoms with Gasteiger partial charge in [0, 0.05) is 0 Å². The predicted octanol–water partition coefficient (Wildman–Crippen LogP) is 0.398. The van der Waals surface area contributed by atoms with E-state index in [1.807, 2.05) is 0 Å². The minimum absolute atomic E-state index is 0.188. The molecule has 2 rings (SSSR count). The van der Waals surface area contributed by atoms with Gasteiger partial charge >= 0.3 is 0 Å². The third-order valence-electron chi connectivity index (χ3n) is 2.20. The maximum atomic E-state index is 12.7. The van der Waals surface area contributed by atoms with Gasteiger partial charge in [0.25, 0.3) is 0 Å². The van der Waals surface area contributed by atoms with Gasteiger partial charge in [0.05, 0.1) is 30.7 Å². The van der Waals surface area contributed by atoms with Crippen molar-refractivity contribution in [2.75, 3.05) is 6.61 Å². The fraction of sp³-hybridized carbons (Fsp3) is 0.200. The number of halogens is 1. The molecule has 84 valence electrons. The molecular weight excluding hydrogens is 211 g/mol. The fourth-order valence-electron chi connectivity index (χ4n) is 1.38. The van der Waals surface area contributed by atoms with Crippen LogP contribution < -0.4 is 5.73 Å². The van der Waals surface area contributed by atoms with Crippen molar-refractivity contribution in [2.45, 2.75) is 6.04 Å². The molecule has 1 unspecified atom stereocenters. The molecule has 0 aliphatic carbocycles. The van der Waals surface area contributed by atoms with E-state index < -0.39 is 11.9 Å². The van der Waals surface area contributed by atoms with E-state index in [-0.39, 0.29) is 6.61 Å². The topological polar surface area (TPSA) is 77.0 Å². The third kappa shape index (κ3) is 1.93. The highest BCUT2D eigenvalue weighted by Gasteiger charge is 2.12. The van der Waals surface area contributed by atoms with Gasteiger partial charge in [-0.15, -0.1) is 0 Å². The van der Waals surface area contributed by atoms with Crippen LogP contribution in [0.3, 0.4) is 0 Å². The second-order valence-corrected chi connectivity index (χ2v) is 3.31. The van der Waals surface area contributed by atoms with E-state index in [1.165, 1.54) is 18.5 Å². The number of hydrogen-bond acceptors (Lipinski definition) is 4. The average Bonchev–Trinajstić information content (AvgIpc) is 2.78. The van der Waals surface area contributed by atoms with Gasteiger partial charge in [-0.3, -0.25) is 4.57 Å². The highest BCUT2D eigenvalue weighted by atomic mass is 19.1. The maximum Gasteiger partial charge on any atom is 0.141 e. The molecule has 0 saturated carbocycles. The first-order valence-corrected chi connectivity index (χ1v) is 4.73. The third-order valence-corrected chi connectivity index (χ3v) is 2.20. The Bertz CT molecular complexity index is 468. The molecular formula is C10H11FN4O. The van der Waals surface area contributed by atoms with Gasteiger partial charge < -0.3 is 10.8 Å². The summed E-state index contributed by atoms with van der Waals surface area (Å²) in [6, 6.07) is 2.29. The quantitative estimate of drug-likeness (QED) is 0.788. The molecule has 0 radical (unpaired) electrons. The second kappa shape index (κ2) is 4.38. The molecule has 6 heteroatoms. The summed E-state index contributed by atoms with van der Waals surface area (Å²) in [4.78, 5) is 7.84. The zero-order valence-corrected chi connectivity index (χ0v) is 8.42. The van der Waals surface area contributed by atoms with Gasteiger partial charge in [-0.2, -0.15) is 0 Å². The Labute approximate surface area is 91.4 Å². The van der Waals surface area contributed by atoms with Crippen molar-refractivity contribution in [3.05, 3.63) is 42.4 Å². The number of aliphatic hydroxyl groups is 1. The molecule has 16 heavy (non-hydrogen) atoms. The van der Waals surface area contributed by atoms with Crippen LogP contribution in [0.2, 0.25) is 0 Å². The zero-order chi connectivity index (χ0) is 11.5. The van der Waals surface area contributed by atoms with E-state index >= 15 is 0 Å². The molecule has 5 nitrogen and oxygen atoms in total. The highest BCUT2D eigenvalue weighted by Crippen LogP contribution is 2.14. The van der Waals surface area contributed by atoms with Crippen LogP contribution in [0, 0.1) is 5.82 Å². The molecule has 0 saturated heterocycles. The Hall–Kier alpha value is -1.79. The van der Waals surface area contributed by atoms with Gasteiger partial charge in [0.15, 0.2) is 0 Å². The number of aromatic nitrogens is 3. The van der Waals surface area contributed by atoms with Gasteiger partial charge in [-0.1, -0.05) is 0 Å². The molecule has 2 aromatic rings. The number of nitrogens with two attached hydrogens (primary N) is 1. The number of nitrogens with zero attached hydrogens (tertiary/aromatic N) is 3. The summed E-state index contributed by atoms with van der Waals surface area (Å²) in [5.41, 5.74) is 6.32. The Morgan fingerprint density at radius 3 is 2.88 bits per heavy atom. The van der Waals surface area contributed by atoms with Gasteiger partial charge in [-0.25, -0.2) is 14.4 Å². The van der Waals surface area contributed by atoms with Gasteiger partial charge in [0.2, 0.25) is 0 Å². The Kier molecular flexibility index (Phi) is 2.93. The lowest BCUT2D eigenvalue weighted by Crippen LogP contribution is -2.18. The molecule has 0 bridgehead atoms. The first-order chi connectivity index (χ1) is 7.72. The Morgan fingerprint density at radius 1 is 1.44 bits per heavy atom. The van der Waals surface area contributed by atoms with Crippen LogP contribution >= 0.6 is 0 Å². The van der Waals surface area contributed by atoms with Crippen molar-refractivity contribution < 1.29 is 9.50 Å². The summed E-state index contributed by atoms with van der Waals surface area (Å²) in [7, 11) is 0. The van der Waals surface area contributed by atoms with E-state index in [4.69, 9.17) is 10.8 Å². The molecule has 0 spiro atoms. The summed E-state index contributed by atoms with van der Waals surface area (Å²) in [6.45, 7) is -0.188. The fourth-order valence-corrected chi connectivity index (χ4v) is 1.38. The second-order valence-electron chi connectivity index (χ2n) is 3.31. The van der Waals surface area contributed by atoms with Crippen molar-refractivity contribution in [1.82, 2.24) is 14.5 Å². The molecule has 0 amide bonds. The minimum Gasteiger partial charge on any atom is -0.394 e. The molecule has 0 fully saturated rings. The van der Waals surface area contributed by atoms with Gasteiger partial charge in [0.1, 0.15) is 18.0 Å². The summed E-state index contributed by atoms with van der Waals surface area (Å²) in [6.07, 6.45) is 4.18. The Morgan fingerprint density at radius 2 is 2.25 bits per heavy atom. The SMILES string of the molecule is NC(CO)c1cncn1-c1ccc(F)cn1. The molecule has 0 aliphatic rings. The first-order valence-electron chi connectivity index (χ1n) is 4.73. The van der Waals surface area contributed by atoms with Crippen LogP contribution in [0.1, 0.15) is 11.7 Å². The zero-order valence-electron chi connectivity index (χ0n) is 8.42. The van der Waals surface area contributed by atoms with Crippen LogP contribution in [-0.2, 0) is 0 Å². The molecule has 1 atom stereocenters. The maximum absolute atomic E-state index is 12.7. The predicted molar refractivity (Wildman–Crippen MR) is 55.3 cm³/mol. The summed E-state index contributed by atoms with van der Waals surface area (Å²) in [5.74, 6) is 0.106. The van der Waals surface area contributed by atoms with Crippen molar-refractivity contribution >= 4 is 0 Å². The van der Waals surface area contributed by atoms with Crippen LogP contribution in [0.15, 0.2) is 30.9 Å². The summed E-state index contributed by atoms with van der Waals surface area (Å²) < 4.78 is 14.3. The number of aliphatic hydroxyl groups excluding tert-OH is 1. The lowest BCUT2D eigenvalue weighted by atomic mass is 10.2. The molecule has 2 heterocycles. The highest BCUT2D eigenvalue weighted by molar-refractivity contribution is 5.26. The smallest absolute Gasteiger partial charge is 0.141 e. The van der Waals surface area contributed by atoms with E-state index in [0.717, 1.165) is 6.20 Å². The standard InChI is InChI=1S/C10H11FN4O/c11-7-1-2-10(14-3-7)15-6-13-4-9(15)8(12)5-16/h1-4,6,8,16H,5,12H2. The van der Waals surface area contributed by atoms with Gasteiger partial charge in [-0.05, 0) is 12.1 Å².